The van der Waals surface area contributed by atoms with Gasteiger partial charge in [-0.1, -0.05) is 36.0 Å². The van der Waals surface area contributed by atoms with Crippen LogP contribution in [0.2, 0.25) is 0 Å². The Labute approximate surface area is 121 Å². The average molecular weight is 288 g/mol. The molecule has 0 saturated carbocycles. The van der Waals surface area contributed by atoms with Crippen LogP contribution in [-0.2, 0) is 4.79 Å². The van der Waals surface area contributed by atoms with Crippen molar-refractivity contribution < 1.29 is 9.90 Å². The molecule has 1 aliphatic rings. The van der Waals surface area contributed by atoms with E-state index in [0.717, 1.165) is 34.6 Å². The molecule has 1 aromatic carbocycles. The summed E-state index contributed by atoms with van der Waals surface area (Å²) in [6.07, 6.45) is 6.33. The van der Waals surface area contributed by atoms with Crippen LogP contribution in [0.5, 0.6) is 0 Å². The number of thioether (sulfide) groups is 1. The highest BCUT2D eigenvalue weighted by Crippen LogP contribution is 2.34. The quantitative estimate of drug-likeness (QED) is 0.692. The van der Waals surface area contributed by atoms with Crippen molar-refractivity contribution in [1.29, 1.82) is 0 Å². The van der Waals surface area contributed by atoms with E-state index in [1.54, 1.807) is 0 Å². The van der Waals surface area contributed by atoms with Gasteiger partial charge in [0.05, 0.1) is 16.8 Å². The third kappa shape index (κ3) is 2.33. The molecule has 5 heteroatoms. The van der Waals surface area contributed by atoms with E-state index in [1.165, 1.54) is 11.8 Å². The van der Waals surface area contributed by atoms with Crippen LogP contribution in [-0.4, -0.2) is 26.4 Å². The largest absolute Gasteiger partial charge is 0.481 e. The van der Waals surface area contributed by atoms with Gasteiger partial charge in [-0.05, 0) is 31.4 Å². The third-order valence-electron chi connectivity index (χ3n) is 3.56. The Kier molecular flexibility index (Phi) is 3.53. The smallest absolute Gasteiger partial charge is 0.313 e. The molecule has 0 aliphatic heterocycles. The number of carbonyl (C=O) groups is 1. The van der Waals surface area contributed by atoms with E-state index in [-0.39, 0.29) is 5.75 Å². The number of carboxylic acids is 1. The Bertz CT molecular complexity index is 682. The lowest BCUT2D eigenvalue weighted by atomic mass is 10.2. The van der Waals surface area contributed by atoms with E-state index >= 15 is 0 Å². The van der Waals surface area contributed by atoms with Gasteiger partial charge < -0.3 is 9.67 Å². The summed E-state index contributed by atoms with van der Waals surface area (Å²) >= 11 is 1.30. The van der Waals surface area contributed by atoms with E-state index in [9.17, 15) is 4.79 Å². The second kappa shape index (κ2) is 5.32. The first-order valence-corrected chi connectivity index (χ1v) is 7.62. The number of aromatic nitrogens is 2. The summed E-state index contributed by atoms with van der Waals surface area (Å²) in [5.41, 5.74) is 3.21. The molecular weight excluding hydrogens is 272 g/mol. The fraction of sp³-hybridized carbons (Fsp3) is 0.333. The van der Waals surface area contributed by atoms with Gasteiger partial charge >= 0.3 is 5.97 Å². The van der Waals surface area contributed by atoms with Gasteiger partial charge in [-0.15, -0.1) is 0 Å². The predicted molar refractivity (Wildman–Crippen MR) is 80.2 cm³/mol. The summed E-state index contributed by atoms with van der Waals surface area (Å²) in [5.74, 6) is -0.766. The zero-order valence-corrected chi connectivity index (χ0v) is 12.1. The second-order valence-electron chi connectivity index (χ2n) is 4.99. The maximum absolute atomic E-state index is 10.8. The maximum Gasteiger partial charge on any atom is 0.313 e. The van der Waals surface area contributed by atoms with E-state index in [1.807, 2.05) is 19.1 Å². The van der Waals surface area contributed by atoms with Gasteiger partial charge in [-0.25, -0.2) is 4.98 Å². The van der Waals surface area contributed by atoms with Gasteiger partial charge in [-0.2, -0.15) is 0 Å². The molecule has 1 N–H and O–H groups in total. The molecule has 4 nitrogen and oxygen atoms in total. The Hall–Kier alpha value is -1.75. The standard InChI is InChI=1S/C15H16N2O2S/c1-10-5-4-8-12-14(10)16-15(20-9-13(18)19)17(12)11-6-2-3-7-11/h2-5,8,11H,6-7,9H2,1H3,(H,18,19). The molecule has 0 bridgehead atoms. The van der Waals surface area contributed by atoms with Gasteiger partial charge in [0, 0.05) is 6.04 Å². The molecule has 2 aromatic rings. The monoisotopic (exact) mass is 288 g/mol. The lowest BCUT2D eigenvalue weighted by Gasteiger charge is -2.15. The fourth-order valence-corrected chi connectivity index (χ4v) is 3.43. The molecule has 1 aliphatic carbocycles. The van der Waals surface area contributed by atoms with Crippen LogP contribution < -0.4 is 0 Å². The van der Waals surface area contributed by atoms with Crippen molar-refractivity contribution in [2.75, 3.05) is 5.75 Å². The zero-order chi connectivity index (χ0) is 14.1. The number of rotatable bonds is 4. The van der Waals surface area contributed by atoms with Gasteiger partial charge in [-0.3, -0.25) is 4.79 Å². The minimum absolute atomic E-state index is 0.0442. The van der Waals surface area contributed by atoms with Gasteiger partial charge in [0.15, 0.2) is 5.16 Å². The molecule has 0 spiro atoms. The number of imidazole rings is 1. The van der Waals surface area contributed by atoms with Crippen LogP contribution in [0.1, 0.15) is 24.4 Å². The molecule has 0 unspecified atom stereocenters. The number of hydrogen-bond acceptors (Lipinski definition) is 3. The Balaban J connectivity index is 2.08. The average Bonchev–Trinajstić information content (AvgIpc) is 3.03. The highest BCUT2D eigenvalue weighted by molar-refractivity contribution is 7.99. The summed E-state index contributed by atoms with van der Waals surface area (Å²) < 4.78 is 2.20. The van der Waals surface area contributed by atoms with Crippen molar-refractivity contribution in [1.82, 2.24) is 9.55 Å². The molecule has 1 heterocycles. The normalized spacial score (nSPS) is 15.2. The second-order valence-corrected chi connectivity index (χ2v) is 5.93. The van der Waals surface area contributed by atoms with Crippen LogP contribution in [0.3, 0.4) is 0 Å². The van der Waals surface area contributed by atoms with Crippen molar-refractivity contribution in [3.8, 4) is 0 Å². The Morgan fingerprint density at radius 1 is 1.45 bits per heavy atom. The highest BCUT2D eigenvalue weighted by Gasteiger charge is 2.21. The van der Waals surface area contributed by atoms with E-state index in [4.69, 9.17) is 5.11 Å². The minimum Gasteiger partial charge on any atom is -0.481 e. The first-order chi connectivity index (χ1) is 9.66. The SMILES string of the molecule is Cc1cccc2c1nc(SCC(=O)O)n2C1CC=CC1. The molecule has 104 valence electrons. The molecule has 0 fully saturated rings. The number of fused-ring (bicyclic) bond motifs is 1. The van der Waals surface area contributed by atoms with E-state index in [0.29, 0.717) is 6.04 Å². The van der Waals surface area contributed by atoms with Crippen molar-refractivity contribution in [3.05, 3.63) is 35.9 Å². The van der Waals surface area contributed by atoms with Crippen molar-refractivity contribution >= 4 is 28.8 Å². The number of hydrogen-bond donors (Lipinski definition) is 1. The van der Waals surface area contributed by atoms with Gasteiger partial charge in [0.25, 0.3) is 0 Å². The Morgan fingerprint density at radius 2 is 2.20 bits per heavy atom. The summed E-state index contributed by atoms with van der Waals surface area (Å²) in [4.78, 5) is 15.5. The van der Waals surface area contributed by atoms with Crippen molar-refractivity contribution in [3.63, 3.8) is 0 Å². The molecule has 0 amide bonds. The number of carboxylic acid groups (broad SMARTS) is 1. The summed E-state index contributed by atoms with van der Waals surface area (Å²) in [5, 5.41) is 9.70. The van der Waals surface area contributed by atoms with Crippen LogP contribution in [0, 0.1) is 6.92 Å². The molecule has 0 saturated heterocycles. The van der Waals surface area contributed by atoms with Gasteiger partial charge in [0.2, 0.25) is 0 Å². The molecule has 3 rings (SSSR count). The maximum atomic E-state index is 10.8. The number of para-hydroxylation sites is 1. The topological polar surface area (TPSA) is 55.1 Å². The van der Waals surface area contributed by atoms with Crippen molar-refractivity contribution in [2.24, 2.45) is 0 Å². The Morgan fingerprint density at radius 3 is 2.90 bits per heavy atom. The first-order valence-electron chi connectivity index (χ1n) is 6.64. The predicted octanol–water partition coefficient (Wildman–Crippen LogP) is 3.41. The number of nitrogens with zero attached hydrogens (tertiary/aromatic N) is 2. The molecular formula is C15H16N2O2S. The number of benzene rings is 1. The fourth-order valence-electron chi connectivity index (χ4n) is 2.63. The summed E-state index contributed by atoms with van der Waals surface area (Å²) in [6, 6.07) is 6.50. The van der Waals surface area contributed by atoms with E-state index in [2.05, 4.69) is 27.8 Å². The van der Waals surface area contributed by atoms with Crippen LogP contribution in [0.4, 0.5) is 0 Å². The highest BCUT2D eigenvalue weighted by atomic mass is 32.2. The minimum atomic E-state index is -0.810. The van der Waals surface area contributed by atoms with Crippen LogP contribution >= 0.6 is 11.8 Å². The summed E-state index contributed by atoms with van der Waals surface area (Å²) in [7, 11) is 0. The number of aryl methyl sites for hydroxylation is 1. The number of allylic oxidation sites excluding steroid dienone is 2. The number of aliphatic carboxylic acids is 1. The summed E-state index contributed by atoms with van der Waals surface area (Å²) in [6.45, 7) is 2.04. The molecule has 1 aromatic heterocycles. The lowest BCUT2D eigenvalue weighted by Crippen LogP contribution is -2.08. The van der Waals surface area contributed by atoms with Gasteiger partial charge in [0.1, 0.15) is 0 Å². The molecule has 20 heavy (non-hydrogen) atoms. The van der Waals surface area contributed by atoms with Crippen LogP contribution in [0.15, 0.2) is 35.5 Å². The van der Waals surface area contributed by atoms with E-state index < -0.39 is 5.97 Å². The lowest BCUT2D eigenvalue weighted by molar-refractivity contribution is -0.133. The zero-order valence-electron chi connectivity index (χ0n) is 11.2. The first kappa shape index (κ1) is 13.2. The van der Waals surface area contributed by atoms with Crippen molar-refractivity contribution in [2.45, 2.75) is 31.0 Å². The third-order valence-corrected chi connectivity index (χ3v) is 4.50. The molecule has 0 atom stereocenters. The molecule has 0 radical (unpaired) electrons. The van der Waals surface area contributed by atoms with Crippen LogP contribution in [0.25, 0.3) is 11.0 Å².